The predicted molar refractivity (Wildman–Crippen MR) is 45.0 cm³/mol. The molecule has 2 nitrogen and oxygen atoms in total. The van der Waals surface area contributed by atoms with Crippen LogP contribution in [0.15, 0.2) is 23.5 Å². The van der Waals surface area contributed by atoms with Crippen molar-refractivity contribution in [1.29, 1.82) is 0 Å². The minimum Gasteiger partial charge on any atom is -0.297 e. The molecule has 11 heavy (non-hydrogen) atoms. The molecular formula is C9H10N2. The fourth-order valence-corrected chi connectivity index (χ4v) is 1.32. The van der Waals surface area contributed by atoms with Crippen LogP contribution in [0.3, 0.4) is 0 Å². The first-order chi connectivity index (χ1) is 5.47. The van der Waals surface area contributed by atoms with Crippen LogP contribution in [-0.4, -0.2) is 17.7 Å². The summed E-state index contributed by atoms with van der Waals surface area (Å²) in [7, 11) is 0. The molecule has 1 aliphatic rings. The van der Waals surface area contributed by atoms with Gasteiger partial charge in [0.25, 0.3) is 0 Å². The Morgan fingerprint density at radius 2 is 2.27 bits per heavy atom. The Bertz CT molecular complexity index is 279. The van der Waals surface area contributed by atoms with E-state index in [1.807, 2.05) is 18.6 Å². The van der Waals surface area contributed by atoms with Crippen molar-refractivity contribution in [3.8, 4) is 0 Å². The summed E-state index contributed by atoms with van der Waals surface area (Å²) >= 11 is 0. The maximum Gasteiger partial charge on any atom is 0.0426 e. The summed E-state index contributed by atoms with van der Waals surface area (Å²) < 4.78 is 0. The lowest BCUT2D eigenvalue weighted by molar-refractivity contribution is 0.970. The van der Waals surface area contributed by atoms with E-state index in [1.54, 1.807) is 0 Å². The molecule has 0 spiro atoms. The van der Waals surface area contributed by atoms with Gasteiger partial charge in [-0.05, 0) is 23.6 Å². The highest BCUT2D eigenvalue weighted by atomic mass is 14.7. The number of aliphatic imine (C=N–C) groups is 1. The second-order valence-electron chi connectivity index (χ2n) is 2.69. The second kappa shape index (κ2) is 2.82. The van der Waals surface area contributed by atoms with Crippen molar-refractivity contribution in [3.05, 3.63) is 29.6 Å². The Morgan fingerprint density at radius 1 is 1.27 bits per heavy atom. The molecule has 0 N–H and O–H groups in total. The first-order valence-corrected chi connectivity index (χ1v) is 3.87. The first kappa shape index (κ1) is 6.53. The molecular weight excluding hydrogens is 136 g/mol. The summed E-state index contributed by atoms with van der Waals surface area (Å²) in [5, 5.41) is 0. The van der Waals surface area contributed by atoms with E-state index in [1.165, 1.54) is 11.1 Å². The molecule has 0 radical (unpaired) electrons. The third-order valence-electron chi connectivity index (χ3n) is 1.96. The van der Waals surface area contributed by atoms with Crippen LogP contribution in [0, 0.1) is 0 Å². The van der Waals surface area contributed by atoms with Gasteiger partial charge in [-0.3, -0.25) is 9.98 Å². The van der Waals surface area contributed by atoms with Crippen LogP contribution in [-0.2, 0) is 12.8 Å². The SMILES string of the molecule is C1=NCCc2ccncc2C1. The van der Waals surface area contributed by atoms with Gasteiger partial charge >= 0.3 is 0 Å². The summed E-state index contributed by atoms with van der Waals surface area (Å²) in [5.74, 6) is 0. The summed E-state index contributed by atoms with van der Waals surface area (Å²) in [6, 6.07) is 2.09. The van der Waals surface area contributed by atoms with Crippen LogP contribution >= 0.6 is 0 Å². The molecule has 1 aliphatic heterocycles. The monoisotopic (exact) mass is 146 g/mol. The number of aromatic nitrogens is 1. The third-order valence-corrected chi connectivity index (χ3v) is 1.96. The van der Waals surface area contributed by atoms with E-state index in [0.29, 0.717) is 0 Å². The standard InChI is InChI=1S/C9H10N2/c1-4-10-5-3-9-7-11-6-2-8(1)9/h2,5-7H,1,3-4H2. The Kier molecular flexibility index (Phi) is 1.68. The van der Waals surface area contributed by atoms with Crippen molar-refractivity contribution in [2.45, 2.75) is 12.8 Å². The Balaban J connectivity index is 2.40. The molecule has 0 fully saturated rings. The van der Waals surface area contributed by atoms with Crippen LogP contribution in [0.25, 0.3) is 0 Å². The molecule has 1 aromatic heterocycles. The third kappa shape index (κ3) is 1.29. The zero-order valence-corrected chi connectivity index (χ0v) is 6.33. The zero-order valence-electron chi connectivity index (χ0n) is 6.33. The molecule has 2 rings (SSSR count). The maximum absolute atomic E-state index is 4.23. The minimum atomic E-state index is 0.928. The molecule has 0 saturated heterocycles. The van der Waals surface area contributed by atoms with Crippen molar-refractivity contribution < 1.29 is 0 Å². The van der Waals surface area contributed by atoms with Gasteiger partial charge in [0, 0.05) is 31.6 Å². The molecule has 0 unspecified atom stereocenters. The van der Waals surface area contributed by atoms with Gasteiger partial charge in [0.1, 0.15) is 0 Å². The number of pyridine rings is 1. The second-order valence-corrected chi connectivity index (χ2v) is 2.69. The largest absolute Gasteiger partial charge is 0.297 e. The van der Waals surface area contributed by atoms with E-state index in [4.69, 9.17) is 0 Å². The van der Waals surface area contributed by atoms with Gasteiger partial charge in [0.2, 0.25) is 0 Å². The Hall–Kier alpha value is -1.18. The van der Waals surface area contributed by atoms with Crippen molar-refractivity contribution in [3.63, 3.8) is 0 Å². The van der Waals surface area contributed by atoms with Crippen LogP contribution in [0.1, 0.15) is 11.1 Å². The maximum atomic E-state index is 4.23. The fourth-order valence-electron chi connectivity index (χ4n) is 1.32. The molecule has 0 atom stereocenters. The molecule has 0 bridgehead atoms. The van der Waals surface area contributed by atoms with Crippen molar-refractivity contribution >= 4 is 6.21 Å². The Morgan fingerprint density at radius 3 is 3.27 bits per heavy atom. The highest BCUT2D eigenvalue weighted by molar-refractivity contribution is 5.62. The van der Waals surface area contributed by atoms with E-state index in [0.717, 1.165) is 19.4 Å². The van der Waals surface area contributed by atoms with Gasteiger partial charge in [-0.25, -0.2) is 0 Å². The average molecular weight is 146 g/mol. The molecule has 1 aromatic rings. The lowest BCUT2D eigenvalue weighted by atomic mass is 10.1. The van der Waals surface area contributed by atoms with E-state index in [-0.39, 0.29) is 0 Å². The van der Waals surface area contributed by atoms with Crippen LogP contribution in [0.2, 0.25) is 0 Å². The first-order valence-electron chi connectivity index (χ1n) is 3.87. The van der Waals surface area contributed by atoms with Gasteiger partial charge in [0.15, 0.2) is 0 Å². The highest BCUT2D eigenvalue weighted by Crippen LogP contribution is 2.09. The van der Waals surface area contributed by atoms with Crippen LogP contribution in [0.5, 0.6) is 0 Å². The van der Waals surface area contributed by atoms with Crippen molar-refractivity contribution in [1.82, 2.24) is 4.98 Å². The molecule has 2 heteroatoms. The number of hydrogen-bond acceptors (Lipinski definition) is 2. The van der Waals surface area contributed by atoms with Crippen molar-refractivity contribution in [2.75, 3.05) is 6.54 Å². The fraction of sp³-hybridized carbons (Fsp3) is 0.333. The van der Waals surface area contributed by atoms with Gasteiger partial charge < -0.3 is 0 Å². The Labute approximate surface area is 66.0 Å². The summed E-state index contributed by atoms with van der Waals surface area (Å²) in [5.41, 5.74) is 2.73. The van der Waals surface area contributed by atoms with Crippen LogP contribution < -0.4 is 0 Å². The quantitative estimate of drug-likeness (QED) is 0.540. The van der Waals surface area contributed by atoms with Crippen LogP contribution in [0.4, 0.5) is 0 Å². The summed E-state index contributed by atoms with van der Waals surface area (Å²) in [4.78, 5) is 8.31. The summed E-state index contributed by atoms with van der Waals surface area (Å²) in [6.07, 6.45) is 7.78. The average Bonchev–Trinajstić information content (AvgIpc) is 2.28. The topological polar surface area (TPSA) is 25.2 Å². The lowest BCUT2D eigenvalue weighted by Crippen LogP contribution is -1.93. The summed E-state index contributed by atoms with van der Waals surface area (Å²) in [6.45, 7) is 0.928. The predicted octanol–water partition coefficient (Wildman–Crippen LogP) is 1.25. The molecule has 0 aromatic carbocycles. The van der Waals surface area contributed by atoms with E-state index in [2.05, 4.69) is 16.0 Å². The number of nitrogens with zero attached hydrogens (tertiary/aromatic N) is 2. The van der Waals surface area contributed by atoms with Gasteiger partial charge in [-0.2, -0.15) is 0 Å². The van der Waals surface area contributed by atoms with Crippen molar-refractivity contribution in [2.24, 2.45) is 4.99 Å². The molecule has 2 heterocycles. The minimum absolute atomic E-state index is 0.928. The molecule has 0 aliphatic carbocycles. The number of rotatable bonds is 0. The van der Waals surface area contributed by atoms with Gasteiger partial charge in [-0.15, -0.1) is 0 Å². The van der Waals surface area contributed by atoms with E-state index >= 15 is 0 Å². The molecule has 0 saturated carbocycles. The van der Waals surface area contributed by atoms with Gasteiger partial charge in [0.05, 0.1) is 0 Å². The van der Waals surface area contributed by atoms with E-state index < -0.39 is 0 Å². The molecule has 0 amide bonds. The van der Waals surface area contributed by atoms with E-state index in [9.17, 15) is 0 Å². The lowest BCUT2D eigenvalue weighted by Gasteiger charge is -2.00. The zero-order chi connectivity index (χ0) is 7.52. The smallest absolute Gasteiger partial charge is 0.0426 e. The van der Waals surface area contributed by atoms with Gasteiger partial charge in [-0.1, -0.05) is 0 Å². The normalized spacial score (nSPS) is 15.6. The highest BCUT2D eigenvalue weighted by Gasteiger charge is 2.02. The number of fused-ring (bicyclic) bond motifs is 1. The number of hydrogen-bond donors (Lipinski definition) is 0. The molecule has 56 valence electrons.